The number of piperidine rings is 1. The number of hydrogen-bond acceptors (Lipinski definition) is 7. The number of hydrogen-bond donors (Lipinski definition) is 6. The Bertz CT molecular complexity index is 424. The van der Waals surface area contributed by atoms with Gasteiger partial charge in [0, 0.05) is 32.3 Å². The zero-order chi connectivity index (χ0) is 17.9. The van der Waals surface area contributed by atoms with Gasteiger partial charge in [-0.05, 0) is 12.8 Å². The first-order valence-electron chi connectivity index (χ1n) is 8.44. The summed E-state index contributed by atoms with van der Waals surface area (Å²) >= 11 is 0. The third-order valence-electron chi connectivity index (χ3n) is 5.47. The molecule has 8 atom stereocenters. The maximum absolute atomic E-state index is 12.6. The van der Waals surface area contributed by atoms with Crippen LogP contribution in [0.5, 0.6) is 0 Å². The minimum Gasteiger partial charge on any atom is -0.600 e. The Balaban J connectivity index is 1.93. The first-order valence-corrected chi connectivity index (χ1v) is 8.44. The average Bonchev–Trinajstić information content (AvgIpc) is 2.55. The fourth-order valence-corrected chi connectivity index (χ4v) is 3.91. The number of ether oxygens (including phenoxy) is 1. The van der Waals surface area contributed by atoms with Gasteiger partial charge in [-0.15, -0.1) is 0 Å². The van der Waals surface area contributed by atoms with Crippen LogP contribution >= 0.6 is 0 Å². The van der Waals surface area contributed by atoms with E-state index < -0.39 is 22.5 Å². The second kappa shape index (κ2) is 8.61. The van der Waals surface area contributed by atoms with Crippen molar-refractivity contribution in [1.82, 2.24) is 0 Å². The van der Waals surface area contributed by atoms with Crippen molar-refractivity contribution in [3.05, 3.63) is 10.4 Å². The molecule has 0 aromatic heterocycles. The number of Topliss-reactive ketones (excluding diaryl/α,β-unsaturated/α-hetero) is 1. The molecule has 2 aliphatic rings. The summed E-state index contributed by atoms with van der Waals surface area (Å²) in [7, 11) is 1.49. The highest BCUT2D eigenvalue weighted by molar-refractivity contribution is 5.82. The van der Waals surface area contributed by atoms with Crippen molar-refractivity contribution in [2.45, 2.75) is 56.5 Å². The number of ketones is 1. The smallest absolute Gasteiger partial charge is 0.190 e. The molecule has 1 heterocycles. The Morgan fingerprint density at radius 1 is 1.25 bits per heavy atom. The molecule has 1 saturated heterocycles. The van der Waals surface area contributed by atoms with E-state index in [9.17, 15) is 20.4 Å². The van der Waals surface area contributed by atoms with E-state index in [1.165, 1.54) is 7.11 Å². The van der Waals surface area contributed by atoms with Crippen molar-refractivity contribution < 1.29 is 35.3 Å². The lowest BCUT2D eigenvalue weighted by atomic mass is 9.81. The van der Waals surface area contributed by atoms with Gasteiger partial charge in [0.2, 0.25) is 0 Å². The molecule has 10 heteroatoms. The predicted molar refractivity (Wildman–Crippen MR) is 80.9 cm³/mol. The van der Waals surface area contributed by atoms with Gasteiger partial charge in [-0.3, -0.25) is 10.5 Å². The Kier molecular flexibility index (Phi) is 7.04. The molecule has 1 saturated carbocycles. The molecule has 7 N–H and O–H groups in total. The number of carbonyl (C=O) groups is 1. The number of carbonyl (C=O) groups excluding carboxylic acids is 1. The van der Waals surface area contributed by atoms with Crippen molar-refractivity contribution in [1.29, 1.82) is 0 Å². The molecule has 0 bridgehead atoms. The van der Waals surface area contributed by atoms with Gasteiger partial charge >= 0.3 is 0 Å². The summed E-state index contributed by atoms with van der Waals surface area (Å²) in [5.74, 6) is -0.338. The number of nitrogens with two attached hydrogens (primary N) is 1. The predicted octanol–water partition coefficient (Wildman–Crippen LogP) is -4.38. The van der Waals surface area contributed by atoms with Crippen LogP contribution in [0.15, 0.2) is 0 Å². The molecule has 10 nitrogen and oxygen atoms in total. The Labute approximate surface area is 140 Å². The van der Waals surface area contributed by atoms with Crippen LogP contribution in [-0.4, -0.2) is 60.8 Å². The van der Waals surface area contributed by atoms with Crippen LogP contribution in [0.2, 0.25) is 0 Å². The number of hydroxylamine groups is 4. The molecule has 1 aliphatic heterocycles. The highest BCUT2D eigenvalue weighted by Crippen LogP contribution is 2.25. The Hall–Kier alpha value is -0.690. The first-order chi connectivity index (χ1) is 11.3. The zero-order valence-corrected chi connectivity index (χ0v) is 13.9. The van der Waals surface area contributed by atoms with E-state index in [1.54, 1.807) is 0 Å². The monoisotopic (exact) mass is 349 g/mol. The van der Waals surface area contributed by atoms with Crippen molar-refractivity contribution in [3.63, 3.8) is 0 Å². The highest BCUT2D eigenvalue weighted by Gasteiger charge is 2.40. The summed E-state index contributed by atoms with van der Waals surface area (Å²) in [5.41, 5.74) is 6.04. The molecule has 0 spiro atoms. The first kappa shape index (κ1) is 19.6. The average molecular weight is 349 g/mol. The van der Waals surface area contributed by atoms with Gasteiger partial charge in [-0.25, -0.2) is 20.9 Å². The third kappa shape index (κ3) is 4.69. The lowest BCUT2D eigenvalue weighted by molar-refractivity contribution is -1.09. The Morgan fingerprint density at radius 3 is 2.54 bits per heavy atom. The van der Waals surface area contributed by atoms with Crippen molar-refractivity contribution in [3.8, 4) is 0 Å². The summed E-state index contributed by atoms with van der Waals surface area (Å²) < 4.78 is 5.22. The molecule has 0 aromatic carbocycles. The van der Waals surface area contributed by atoms with Gasteiger partial charge in [0.25, 0.3) is 0 Å². The van der Waals surface area contributed by atoms with E-state index in [2.05, 4.69) is 0 Å². The minimum absolute atomic E-state index is 0.0210. The van der Waals surface area contributed by atoms with E-state index in [0.717, 1.165) is 4.90 Å². The third-order valence-corrected chi connectivity index (χ3v) is 5.47. The molecule has 0 amide bonds. The van der Waals surface area contributed by atoms with Gasteiger partial charge in [-0.1, -0.05) is 0 Å². The maximum Gasteiger partial charge on any atom is 0.190 e. The van der Waals surface area contributed by atoms with Crippen LogP contribution in [0.25, 0.3) is 0 Å². The lowest BCUT2D eigenvalue weighted by Gasteiger charge is -2.38. The van der Waals surface area contributed by atoms with Gasteiger partial charge < -0.3 is 20.1 Å². The molecule has 0 aromatic rings. The topological polar surface area (TPSA) is 152 Å². The SMILES string of the molecule is COC1CCC(C(=O)C[NH+]2CC([NH+]([O-])O)CCC2N)CC1[NH+]([O-])O. The highest BCUT2D eigenvalue weighted by atomic mass is 16.8. The molecule has 140 valence electrons. The van der Waals surface area contributed by atoms with Crippen LogP contribution in [0.1, 0.15) is 32.1 Å². The molecule has 2 fully saturated rings. The minimum atomic E-state index is -0.938. The van der Waals surface area contributed by atoms with E-state index in [0.29, 0.717) is 32.2 Å². The summed E-state index contributed by atoms with van der Waals surface area (Å²) in [6.07, 6.45) is 1.94. The second-order valence-corrected chi connectivity index (χ2v) is 6.95. The van der Waals surface area contributed by atoms with Gasteiger partial charge in [0.05, 0.1) is 0 Å². The summed E-state index contributed by atoms with van der Waals surface area (Å²) in [6, 6.07) is -1.14. The fourth-order valence-electron chi connectivity index (χ4n) is 3.91. The molecule has 1 aliphatic carbocycles. The largest absolute Gasteiger partial charge is 0.600 e. The molecular weight excluding hydrogens is 320 g/mol. The maximum atomic E-state index is 12.6. The quantitative estimate of drug-likeness (QED) is 0.265. The second-order valence-electron chi connectivity index (χ2n) is 6.95. The van der Waals surface area contributed by atoms with Gasteiger partial charge in [-0.2, -0.15) is 0 Å². The number of methoxy groups -OCH3 is 1. The molecular formula is C14H29N4O6+. The van der Waals surface area contributed by atoms with Gasteiger partial charge in [0.15, 0.2) is 11.8 Å². The number of rotatable bonds is 6. The molecule has 24 heavy (non-hydrogen) atoms. The van der Waals surface area contributed by atoms with Crippen LogP contribution in [0.4, 0.5) is 0 Å². The summed E-state index contributed by atoms with van der Waals surface area (Å²) in [5, 5.41) is 39.2. The van der Waals surface area contributed by atoms with Gasteiger partial charge in [0.1, 0.15) is 31.4 Å². The summed E-state index contributed by atoms with van der Waals surface area (Å²) in [6.45, 7) is 0.512. The number of quaternary nitrogens is 3. The Morgan fingerprint density at radius 2 is 1.96 bits per heavy atom. The van der Waals surface area contributed by atoms with Crippen molar-refractivity contribution in [2.75, 3.05) is 20.2 Å². The lowest BCUT2D eigenvalue weighted by Crippen LogP contribution is -3.25. The number of likely N-dealkylation sites (tertiary alicyclic amines) is 1. The number of nitrogens with one attached hydrogen (secondary N) is 3. The molecule has 0 radical (unpaired) electrons. The van der Waals surface area contributed by atoms with Crippen LogP contribution in [-0.2, 0) is 9.53 Å². The zero-order valence-electron chi connectivity index (χ0n) is 13.9. The molecule has 2 rings (SSSR count). The summed E-state index contributed by atoms with van der Waals surface area (Å²) in [4.78, 5) is 13.4. The van der Waals surface area contributed by atoms with E-state index in [1.807, 2.05) is 0 Å². The molecule has 8 unspecified atom stereocenters. The fraction of sp³-hybridized carbons (Fsp3) is 0.929. The van der Waals surface area contributed by atoms with E-state index in [-0.39, 0.29) is 36.9 Å². The van der Waals surface area contributed by atoms with Crippen LogP contribution in [0.3, 0.4) is 0 Å². The van der Waals surface area contributed by atoms with Crippen LogP contribution < -0.4 is 21.1 Å². The van der Waals surface area contributed by atoms with Crippen molar-refractivity contribution >= 4 is 5.78 Å². The normalized spacial score (nSPS) is 40.1. The van der Waals surface area contributed by atoms with Crippen LogP contribution in [0, 0.1) is 16.3 Å². The van der Waals surface area contributed by atoms with E-state index >= 15 is 0 Å². The van der Waals surface area contributed by atoms with Crippen molar-refractivity contribution in [2.24, 2.45) is 11.7 Å². The van der Waals surface area contributed by atoms with E-state index in [4.69, 9.17) is 15.7 Å². The standard InChI is InChI=1S/C14H28N4O6/c1-24-13-4-2-9(6-11(13)18(22)23)12(19)8-16-7-10(17(20)21)3-5-14(16)15/h9-11,13-14,17-18,20,22H,2-8,15H2,1H3/p+1.